The van der Waals surface area contributed by atoms with Crippen LogP contribution in [0.4, 0.5) is 0 Å². The van der Waals surface area contributed by atoms with E-state index in [2.05, 4.69) is 4.98 Å². The highest BCUT2D eigenvalue weighted by molar-refractivity contribution is 5.96. The zero-order valence-electron chi connectivity index (χ0n) is 11.4. The fourth-order valence-electron chi connectivity index (χ4n) is 2.04. The number of hydrogen-bond donors (Lipinski definition) is 0. The second-order valence-corrected chi connectivity index (χ2v) is 4.49. The summed E-state index contributed by atoms with van der Waals surface area (Å²) in [5.41, 5.74) is 0.485. The molecule has 0 saturated carbocycles. The van der Waals surface area contributed by atoms with Crippen molar-refractivity contribution in [1.82, 2.24) is 4.98 Å². The van der Waals surface area contributed by atoms with Gasteiger partial charge in [0.05, 0.1) is 12.7 Å². The van der Waals surface area contributed by atoms with E-state index in [1.165, 1.54) is 6.20 Å². The first-order valence-corrected chi connectivity index (χ1v) is 6.47. The maximum absolute atomic E-state index is 12.2. The lowest BCUT2D eigenvalue weighted by Gasteiger charge is -2.06. The van der Waals surface area contributed by atoms with Crippen molar-refractivity contribution >= 4 is 16.7 Å². The fourth-order valence-corrected chi connectivity index (χ4v) is 2.04. The van der Waals surface area contributed by atoms with Gasteiger partial charge in [0.2, 0.25) is 5.88 Å². The van der Waals surface area contributed by atoms with Gasteiger partial charge in [-0.3, -0.25) is 0 Å². The number of nitrogens with zero attached hydrogens (tertiary/aromatic N) is 1. The molecular formula is C17H13NO3. The van der Waals surface area contributed by atoms with Gasteiger partial charge in [-0.25, -0.2) is 9.78 Å². The topological polar surface area (TPSA) is 48.4 Å². The Kier molecular flexibility index (Phi) is 3.51. The number of methoxy groups -OCH3 is 1. The molecule has 1 heterocycles. The Hall–Kier alpha value is -2.88. The molecule has 0 aliphatic rings. The minimum absolute atomic E-state index is 0.215. The van der Waals surface area contributed by atoms with E-state index in [-0.39, 0.29) is 5.88 Å². The molecular weight excluding hydrogens is 266 g/mol. The Bertz CT molecular complexity index is 799. The normalized spacial score (nSPS) is 10.3. The summed E-state index contributed by atoms with van der Waals surface area (Å²) in [6.07, 6.45) is 1.53. The molecule has 1 aromatic heterocycles. The highest BCUT2D eigenvalue weighted by atomic mass is 16.5. The van der Waals surface area contributed by atoms with Crippen LogP contribution in [0.25, 0.3) is 10.8 Å². The van der Waals surface area contributed by atoms with E-state index < -0.39 is 5.97 Å². The second kappa shape index (κ2) is 5.63. The number of hydrogen-bond acceptors (Lipinski definition) is 4. The number of pyridine rings is 1. The van der Waals surface area contributed by atoms with Crippen molar-refractivity contribution in [3.8, 4) is 11.6 Å². The molecule has 0 atom stereocenters. The first-order chi connectivity index (χ1) is 10.3. The van der Waals surface area contributed by atoms with Crippen LogP contribution < -0.4 is 9.47 Å². The first kappa shape index (κ1) is 13.1. The van der Waals surface area contributed by atoms with Crippen LogP contribution in [0.2, 0.25) is 0 Å². The SMILES string of the molecule is COc1ccnc(OC(=O)c2ccc3ccccc3c2)c1. The molecule has 0 fully saturated rings. The van der Waals surface area contributed by atoms with E-state index in [1.807, 2.05) is 30.3 Å². The summed E-state index contributed by atoms with van der Waals surface area (Å²) < 4.78 is 10.3. The summed E-state index contributed by atoms with van der Waals surface area (Å²) in [4.78, 5) is 16.1. The maximum Gasteiger partial charge on any atom is 0.344 e. The lowest BCUT2D eigenvalue weighted by atomic mass is 10.1. The number of ether oxygens (including phenoxy) is 2. The van der Waals surface area contributed by atoms with Crippen LogP contribution in [0.15, 0.2) is 60.8 Å². The smallest absolute Gasteiger partial charge is 0.344 e. The molecule has 3 aromatic rings. The highest BCUT2D eigenvalue weighted by Gasteiger charge is 2.10. The van der Waals surface area contributed by atoms with E-state index in [0.717, 1.165) is 10.8 Å². The number of rotatable bonds is 3. The van der Waals surface area contributed by atoms with Crippen LogP contribution in [0.3, 0.4) is 0 Å². The van der Waals surface area contributed by atoms with Gasteiger partial charge in [-0.2, -0.15) is 0 Å². The quantitative estimate of drug-likeness (QED) is 0.689. The Morgan fingerprint density at radius 1 is 1.00 bits per heavy atom. The molecule has 0 bridgehead atoms. The second-order valence-electron chi connectivity index (χ2n) is 4.49. The van der Waals surface area contributed by atoms with E-state index in [1.54, 1.807) is 31.4 Å². The van der Waals surface area contributed by atoms with Gasteiger partial charge in [0.25, 0.3) is 0 Å². The highest BCUT2D eigenvalue weighted by Crippen LogP contribution is 2.19. The zero-order valence-corrected chi connectivity index (χ0v) is 11.4. The third-order valence-electron chi connectivity index (χ3n) is 3.12. The number of carbonyl (C=O) groups is 1. The van der Waals surface area contributed by atoms with Crippen LogP contribution in [0.1, 0.15) is 10.4 Å². The van der Waals surface area contributed by atoms with Crippen LogP contribution in [0, 0.1) is 0 Å². The van der Waals surface area contributed by atoms with Crippen LogP contribution in [-0.4, -0.2) is 18.1 Å². The van der Waals surface area contributed by atoms with Gasteiger partial charge in [0.1, 0.15) is 5.75 Å². The summed E-state index contributed by atoms with van der Waals surface area (Å²) in [7, 11) is 1.55. The molecule has 0 amide bonds. The first-order valence-electron chi connectivity index (χ1n) is 6.47. The molecule has 0 N–H and O–H groups in total. The van der Waals surface area contributed by atoms with Crippen molar-refractivity contribution in [2.24, 2.45) is 0 Å². The number of esters is 1. The van der Waals surface area contributed by atoms with E-state index in [4.69, 9.17) is 9.47 Å². The molecule has 4 heteroatoms. The largest absolute Gasteiger partial charge is 0.497 e. The summed E-state index contributed by atoms with van der Waals surface area (Å²) in [5, 5.41) is 2.07. The van der Waals surface area contributed by atoms with Crippen molar-refractivity contribution in [3.05, 3.63) is 66.4 Å². The number of aromatic nitrogens is 1. The average Bonchev–Trinajstić information content (AvgIpc) is 2.54. The van der Waals surface area contributed by atoms with Gasteiger partial charge < -0.3 is 9.47 Å². The summed E-state index contributed by atoms with van der Waals surface area (Å²) >= 11 is 0. The lowest BCUT2D eigenvalue weighted by molar-refractivity contribution is 0.0727. The number of fused-ring (bicyclic) bond motifs is 1. The van der Waals surface area contributed by atoms with E-state index in [0.29, 0.717) is 11.3 Å². The van der Waals surface area contributed by atoms with E-state index >= 15 is 0 Å². The Balaban J connectivity index is 1.86. The molecule has 2 aromatic carbocycles. The summed E-state index contributed by atoms with van der Waals surface area (Å²) in [5.74, 6) is 0.361. The predicted molar refractivity (Wildman–Crippen MR) is 79.7 cm³/mol. The summed E-state index contributed by atoms with van der Waals surface area (Å²) in [6.45, 7) is 0. The Morgan fingerprint density at radius 3 is 2.62 bits per heavy atom. The van der Waals surface area contributed by atoms with Gasteiger partial charge in [0.15, 0.2) is 0 Å². The molecule has 0 aliphatic carbocycles. The molecule has 0 radical (unpaired) electrons. The van der Waals surface area contributed by atoms with Crippen molar-refractivity contribution in [3.63, 3.8) is 0 Å². The molecule has 4 nitrogen and oxygen atoms in total. The molecule has 0 saturated heterocycles. The lowest BCUT2D eigenvalue weighted by Crippen LogP contribution is -2.09. The van der Waals surface area contributed by atoms with Crippen molar-refractivity contribution < 1.29 is 14.3 Å². The molecule has 0 spiro atoms. The zero-order chi connectivity index (χ0) is 14.7. The third kappa shape index (κ3) is 2.84. The van der Waals surface area contributed by atoms with Gasteiger partial charge >= 0.3 is 5.97 Å². The molecule has 3 rings (SSSR count). The molecule has 104 valence electrons. The van der Waals surface area contributed by atoms with Gasteiger partial charge in [-0.15, -0.1) is 0 Å². The molecule has 0 aliphatic heterocycles. The molecule has 0 unspecified atom stereocenters. The van der Waals surface area contributed by atoms with Crippen LogP contribution in [0.5, 0.6) is 11.6 Å². The maximum atomic E-state index is 12.2. The monoisotopic (exact) mass is 279 g/mol. The van der Waals surface area contributed by atoms with E-state index in [9.17, 15) is 4.79 Å². The van der Waals surface area contributed by atoms with Gasteiger partial charge in [0, 0.05) is 12.3 Å². The van der Waals surface area contributed by atoms with Crippen molar-refractivity contribution in [2.45, 2.75) is 0 Å². The number of carbonyl (C=O) groups excluding carboxylic acids is 1. The van der Waals surface area contributed by atoms with Crippen molar-refractivity contribution in [2.75, 3.05) is 7.11 Å². The third-order valence-corrected chi connectivity index (χ3v) is 3.12. The average molecular weight is 279 g/mol. The van der Waals surface area contributed by atoms with Gasteiger partial charge in [-0.05, 0) is 29.0 Å². The number of benzene rings is 2. The molecule has 21 heavy (non-hydrogen) atoms. The Morgan fingerprint density at radius 2 is 1.81 bits per heavy atom. The fraction of sp³-hybridized carbons (Fsp3) is 0.0588. The van der Waals surface area contributed by atoms with Crippen LogP contribution >= 0.6 is 0 Å². The standard InChI is InChI=1S/C17H13NO3/c1-20-15-8-9-18-16(11-15)21-17(19)14-7-6-12-4-2-3-5-13(12)10-14/h2-11H,1H3. The van der Waals surface area contributed by atoms with Crippen molar-refractivity contribution in [1.29, 1.82) is 0 Å². The predicted octanol–water partition coefficient (Wildman–Crippen LogP) is 3.46. The van der Waals surface area contributed by atoms with Crippen LogP contribution in [-0.2, 0) is 0 Å². The summed E-state index contributed by atoms with van der Waals surface area (Å²) in [6, 6.07) is 16.5. The minimum atomic E-state index is -0.443. The van der Waals surface area contributed by atoms with Gasteiger partial charge in [-0.1, -0.05) is 30.3 Å². The Labute approximate surface area is 122 Å². The minimum Gasteiger partial charge on any atom is -0.497 e.